The summed E-state index contributed by atoms with van der Waals surface area (Å²) in [5.74, 6) is -4.47. The molecule has 0 saturated heterocycles. The van der Waals surface area contributed by atoms with E-state index in [4.69, 9.17) is 0 Å². The zero-order chi connectivity index (χ0) is 7.65. The van der Waals surface area contributed by atoms with E-state index in [0.717, 1.165) is 0 Å². The highest BCUT2D eigenvalue weighted by atomic mass is 19.4. The molecule has 0 rings (SSSR count). The van der Waals surface area contributed by atoms with E-state index in [1.165, 1.54) is 0 Å². The molecule has 0 heterocycles. The minimum atomic E-state index is -4.68. The van der Waals surface area contributed by atoms with Crippen molar-refractivity contribution in [3.8, 4) is 0 Å². The van der Waals surface area contributed by atoms with Crippen LogP contribution in [0.4, 0.5) is 13.2 Å². The first kappa shape index (κ1) is 8.26. The van der Waals surface area contributed by atoms with E-state index in [9.17, 15) is 23.1 Å². The van der Waals surface area contributed by atoms with Gasteiger partial charge in [-0.2, -0.15) is 13.2 Å². The maximum atomic E-state index is 11.3. The average molecular weight is 141 g/mol. The minimum absolute atomic E-state index is 0.537. The van der Waals surface area contributed by atoms with E-state index in [1.807, 2.05) is 0 Å². The van der Waals surface area contributed by atoms with Crippen LogP contribution >= 0.6 is 0 Å². The van der Waals surface area contributed by atoms with Crippen molar-refractivity contribution in [3.63, 3.8) is 0 Å². The molecular weight excluding hydrogens is 137 g/mol. The molecule has 0 bridgehead atoms. The second-order valence-corrected chi connectivity index (χ2v) is 1.58. The summed E-state index contributed by atoms with van der Waals surface area (Å²) in [6, 6.07) is 0. The first-order valence-corrected chi connectivity index (χ1v) is 2.13. The van der Waals surface area contributed by atoms with Crippen molar-refractivity contribution in [2.24, 2.45) is 5.92 Å². The zero-order valence-corrected chi connectivity index (χ0v) is 4.53. The molecule has 0 unspecified atom stereocenters. The Balaban J connectivity index is 4.04. The molecule has 0 aliphatic rings. The van der Waals surface area contributed by atoms with Gasteiger partial charge in [0.2, 0.25) is 0 Å². The Labute approximate surface area is 49.3 Å². The summed E-state index contributed by atoms with van der Waals surface area (Å²) in [6.45, 7) is 0.537. The van der Waals surface area contributed by atoms with Crippen LogP contribution < -0.4 is 0 Å². The van der Waals surface area contributed by atoms with Crippen LogP contribution in [0.25, 0.3) is 0 Å². The molecule has 0 amide bonds. The number of hydrogen-bond donors (Lipinski definition) is 0. The van der Waals surface area contributed by atoms with Gasteiger partial charge in [0, 0.05) is 0 Å². The van der Waals surface area contributed by atoms with E-state index in [-0.39, 0.29) is 0 Å². The van der Waals surface area contributed by atoms with Gasteiger partial charge in [-0.25, -0.2) is 9.90 Å². The van der Waals surface area contributed by atoms with Crippen molar-refractivity contribution in [1.82, 2.24) is 0 Å². The molecule has 0 aromatic carbocycles. The van der Waals surface area contributed by atoms with Gasteiger partial charge in [-0.05, 0) is 6.92 Å². The Kier molecular flexibility index (Phi) is 2.06. The van der Waals surface area contributed by atoms with Gasteiger partial charge in [-0.3, -0.25) is 0 Å². The zero-order valence-electron chi connectivity index (χ0n) is 4.53. The summed E-state index contributed by atoms with van der Waals surface area (Å²) >= 11 is 0. The molecule has 0 fully saturated rings. The van der Waals surface area contributed by atoms with Gasteiger partial charge in [-0.1, -0.05) is 0 Å². The molecule has 0 aliphatic carbocycles. The Morgan fingerprint density at radius 1 is 1.44 bits per heavy atom. The Hall–Kier alpha value is -0.740. The Morgan fingerprint density at radius 2 is 1.78 bits per heavy atom. The minimum Gasteiger partial charge on any atom is -0.247 e. The van der Waals surface area contributed by atoms with Crippen molar-refractivity contribution >= 4 is 5.97 Å². The van der Waals surface area contributed by atoms with Crippen molar-refractivity contribution in [1.29, 1.82) is 0 Å². The maximum absolute atomic E-state index is 11.3. The second-order valence-electron chi connectivity index (χ2n) is 1.58. The predicted molar refractivity (Wildman–Crippen MR) is 20.9 cm³/mol. The van der Waals surface area contributed by atoms with Gasteiger partial charge in [0.05, 0.1) is 0 Å². The summed E-state index contributed by atoms with van der Waals surface area (Å²) in [5.41, 5.74) is 0. The van der Waals surface area contributed by atoms with E-state index >= 15 is 0 Å². The number of alkyl halides is 3. The lowest BCUT2D eigenvalue weighted by molar-refractivity contribution is -0.194. The van der Waals surface area contributed by atoms with Gasteiger partial charge in [0.25, 0.3) is 0 Å². The smallest absolute Gasteiger partial charge is 0.247 e. The largest absolute Gasteiger partial charge is 0.402 e. The van der Waals surface area contributed by atoms with Crippen molar-refractivity contribution in [3.05, 3.63) is 0 Å². The van der Waals surface area contributed by atoms with Gasteiger partial charge in [-0.15, -0.1) is 0 Å². The summed E-state index contributed by atoms with van der Waals surface area (Å²) in [4.78, 5) is 9.51. The van der Waals surface area contributed by atoms with E-state index in [2.05, 4.69) is 0 Å². The lowest BCUT2D eigenvalue weighted by Crippen LogP contribution is -2.26. The standard InChI is InChI=1S/C4H4F3O2/c1-2(3(8)9)4(5,6)7/h2H,1H3/t2-/m0/s1. The molecule has 1 atom stereocenters. The summed E-state index contributed by atoms with van der Waals surface area (Å²) < 4.78 is 33.8. The van der Waals surface area contributed by atoms with Crippen LogP contribution in [0.2, 0.25) is 0 Å². The maximum Gasteiger partial charge on any atom is 0.402 e. The topological polar surface area (TPSA) is 37.0 Å². The fourth-order valence-electron chi connectivity index (χ4n) is 0.134. The fourth-order valence-corrected chi connectivity index (χ4v) is 0.134. The van der Waals surface area contributed by atoms with Gasteiger partial charge in [0.15, 0.2) is 5.92 Å². The molecule has 2 nitrogen and oxygen atoms in total. The van der Waals surface area contributed by atoms with E-state index < -0.39 is 18.1 Å². The normalized spacial score (nSPS) is 15.1. The molecule has 0 aromatic rings. The summed E-state index contributed by atoms with van der Waals surface area (Å²) in [5, 5.41) is 9.51. The highest BCUT2D eigenvalue weighted by Crippen LogP contribution is 2.25. The molecule has 1 radical (unpaired) electrons. The molecule has 53 valence electrons. The quantitative estimate of drug-likeness (QED) is 0.539. The van der Waals surface area contributed by atoms with Crippen LogP contribution in [0.15, 0.2) is 0 Å². The van der Waals surface area contributed by atoms with Crippen LogP contribution in [-0.2, 0) is 9.90 Å². The van der Waals surface area contributed by atoms with Crippen molar-refractivity contribution < 1.29 is 23.1 Å². The lowest BCUT2D eigenvalue weighted by Gasteiger charge is -2.07. The first-order chi connectivity index (χ1) is 3.85. The third-order valence-corrected chi connectivity index (χ3v) is 0.845. The highest BCUT2D eigenvalue weighted by Gasteiger charge is 2.42. The van der Waals surface area contributed by atoms with Gasteiger partial charge >= 0.3 is 12.1 Å². The van der Waals surface area contributed by atoms with Crippen molar-refractivity contribution in [2.45, 2.75) is 13.1 Å². The summed E-state index contributed by atoms with van der Waals surface area (Å²) in [6.07, 6.45) is -4.68. The number of carbonyl (C=O) groups excluding carboxylic acids is 1. The first-order valence-electron chi connectivity index (χ1n) is 2.13. The monoisotopic (exact) mass is 141 g/mol. The predicted octanol–water partition coefficient (Wildman–Crippen LogP) is 1.14. The number of carbonyl (C=O) groups is 1. The van der Waals surface area contributed by atoms with Crippen LogP contribution in [0, 0.1) is 5.92 Å². The molecular formula is C4H4F3O2. The average Bonchev–Trinajstić information content (AvgIpc) is 1.62. The van der Waals surface area contributed by atoms with Crippen LogP contribution in [0.3, 0.4) is 0 Å². The lowest BCUT2D eigenvalue weighted by atomic mass is 10.2. The summed E-state index contributed by atoms with van der Waals surface area (Å²) in [7, 11) is 0. The SMILES string of the molecule is C[C@@H](C([O])=O)C(F)(F)F. The second kappa shape index (κ2) is 2.24. The molecule has 0 saturated carbocycles. The third kappa shape index (κ3) is 2.34. The Morgan fingerprint density at radius 3 is 1.78 bits per heavy atom. The van der Waals surface area contributed by atoms with Crippen LogP contribution in [0.1, 0.15) is 6.92 Å². The fraction of sp³-hybridized carbons (Fsp3) is 0.750. The Bertz CT molecular complexity index is 117. The van der Waals surface area contributed by atoms with Crippen LogP contribution in [-0.4, -0.2) is 12.1 Å². The van der Waals surface area contributed by atoms with Crippen LogP contribution in [0.5, 0.6) is 0 Å². The number of hydrogen-bond acceptors (Lipinski definition) is 1. The molecule has 0 aromatic heterocycles. The molecule has 0 aliphatic heterocycles. The third-order valence-electron chi connectivity index (χ3n) is 0.845. The van der Waals surface area contributed by atoms with Crippen molar-refractivity contribution in [2.75, 3.05) is 0 Å². The number of halogens is 3. The van der Waals surface area contributed by atoms with Gasteiger partial charge < -0.3 is 0 Å². The molecule has 0 N–H and O–H groups in total. The molecule has 9 heavy (non-hydrogen) atoms. The number of rotatable bonds is 1. The highest BCUT2D eigenvalue weighted by molar-refractivity contribution is 5.69. The van der Waals surface area contributed by atoms with E-state index in [1.54, 1.807) is 0 Å². The molecule has 0 spiro atoms. The van der Waals surface area contributed by atoms with Gasteiger partial charge in [0.1, 0.15) is 0 Å². The van der Waals surface area contributed by atoms with E-state index in [0.29, 0.717) is 6.92 Å². The molecule has 5 heteroatoms.